The Balaban J connectivity index is 2.74. The molecule has 2 atom stereocenters. The highest BCUT2D eigenvalue weighted by molar-refractivity contribution is 6.28. The Morgan fingerprint density at radius 1 is 1.77 bits per heavy atom. The van der Waals surface area contributed by atoms with Gasteiger partial charge < -0.3 is 15.0 Å². The van der Waals surface area contributed by atoms with Gasteiger partial charge in [0.05, 0.1) is 12.7 Å². The average Bonchev–Trinajstić information content (AvgIpc) is 2.04. The minimum Gasteiger partial charge on any atom is -0.361 e. The normalized spacial score (nSPS) is 33.5. The van der Waals surface area contributed by atoms with Gasteiger partial charge in [-0.2, -0.15) is 4.79 Å². The van der Waals surface area contributed by atoms with Gasteiger partial charge in [-0.1, -0.05) is 0 Å². The molecule has 0 saturated carbocycles. The number of ketones is 1. The molecule has 0 bridgehead atoms. The van der Waals surface area contributed by atoms with Gasteiger partial charge in [0.1, 0.15) is 0 Å². The van der Waals surface area contributed by atoms with Crippen LogP contribution in [0, 0.1) is 0 Å². The summed E-state index contributed by atoms with van der Waals surface area (Å²) >= 11 is 0. The molecule has 0 amide bonds. The fourth-order valence-electron chi connectivity index (χ4n) is 1.20. The second-order valence-corrected chi connectivity index (χ2v) is 3.12. The Labute approximate surface area is 76.3 Å². The summed E-state index contributed by atoms with van der Waals surface area (Å²) in [6.07, 6.45) is 1.53. The molecule has 1 rings (SSSR count). The summed E-state index contributed by atoms with van der Waals surface area (Å²) in [5, 5.41) is 0. The van der Waals surface area contributed by atoms with Crippen LogP contribution in [0.1, 0.15) is 20.3 Å². The van der Waals surface area contributed by atoms with Crippen LogP contribution in [0.5, 0.6) is 0 Å². The standard InChI is InChI=1S/C8H12N2O3/c1-6-3-4-12-8(2,13-6)7(11)5-10-9/h5-6H,3-4H2,1-2H3/t6-,8-/m0/s1. The third-order valence-electron chi connectivity index (χ3n) is 1.95. The molecule has 5 nitrogen and oxygen atoms in total. The van der Waals surface area contributed by atoms with E-state index in [1.54, 1.807) is 0 Å². The lowest BCUT2D eigenvalue weighted by atomic mass is 10.1. The van der Waals surface area contributed by atoms with Crippen LogP contribution in [0.15, 0.2) is 0 Å². The molecule has 13 heavy (non-hydrogen) atoms. The molecule has 0 aromatic rings. The lowest BCUT2D eigenvalue weighted by molar-refractivity contribution is -0.261. The van der Waals surface area contributed by atoms with Gasteiger partial charge in [0.25, 0.3) is 5.78 Å². The third kappa shape index (κ3) is 2.21. The summed E-state index contributed by atoms with van der Waals surface area (Å²) in [7, 11) is 0. The number of hydrogen-bond acceptors (Lipinski definition) is 3. The highest BCUT2D eigenvalue weighted by Crippen LogP contribution is 2.22. The largest absolute Gasteiger partial charge is 0.361 e. The molecule has 0 spiro atoms. The molecule has 5 heteroatoms. The zero-order chi connectivity index (χ0) is 9.90. The zero-order valence-corrected chi connectivity index (χ0v) is 7.69. The molecular formula is C8H12N2O3. The van der Waals surface area contributed by atoms with Gasteiger partial charge >= 0.3 is 6.21 Å². The summed E-state index contributed by atoms with van der Waals surface area (Å²) in [4.78, 5) is 14.0. The molecule has 0 aromatic carbocycles. The maximum absolute atomic E-state index is 11.3. The zero-order valence-electron chi connectivity index (χ0n) is 7.69. The first-order valence-corrected chi connectivity index (χ1v) is 4.12. The molecule has 0 N–H and O–H groups in total. The SMILES string of the molecule is C[C@H]1CCO[C@](C)(C(=O)C=[N+]=[N-])O1. The topological polar surface area (TPSA) is 71.9 Å². The van der Waals surface area contributed by atoms with E-state index in [0.29, 0.717) is 6.61 Å². The Morgan fingerprint density at radius 2 is 2.46 bits per heavy atom. The van der Waals surface area contributed by atoms with Crippen molar-refractivity contribution in [1.29, 1.82) is 0 Å². The van der Waals surface area contributed by atoms with Gasteiger partial charge in [0, 0.05) is 0 Å². The van der Waals surface area contributed by atoms with Crippen LogP contribution >= 0.6 is 0 Å². The number of Topliss-reactive ketones (excluding diaryl/α,β-unsaturated/α-hetero) is 1. The van der Waals surface area contributed by atoms with Crippen LogP contribution in [0.3, 0.4) is 0 Å². The summed E-state index contributed by atoms with van der Waals surface area (Å²) in [5.41, 5.74) is 8.19. The van der Waals surface area contributed by atoms with Crippen LogP contribution in [-0.2, 0) is 14.3 Å². The first-order chi connectivity index (χ1) is 6.08. The molecule has 0 unspecified atom stereocenters. The fraction of sp³-hybridized carbons (Fsp3) is 0.750. The average molecular weight is 184 g/mol. The smallest absolute Gasteiger partial charge is 0.328 e. The predicted molar refractivity (Wildman–Crippen MR) is 44.2 cm³/mol. The predicted octanol–water partition coefficient (Wildman–Crippen LogP) is 0.398. The molecule has 0 aliphatic carbocycles. The van der Waals surface area contributed by atoms with Crippen LogP contribution in [0.25, 0.3) is 5.53 Å². The van der Waals surface area contributed by atoms with Gasteiger partial charge in [-0.05, 0) is 20.3 Å². The van der Waals surface area contributed by atoms with Crippen molar-refractivity contribution in [3.05, 3.63) is 5.53 Å². The van der Waals surface area contributed by atoms with Crippen molar-refractivity contribution < 1.29 is 19.1 Å². The quantitative estimate of drug-likeness (QED) is 0.354. The molecule has 1 saturated heterocycles. The summed E-state index contributed by atoms with van der Waals surface area (Å²) in [5.74, 6) is -1.77. The van der Waals surface area contributed by atoms with Crippen LogP contribution in [0.4, 0.5) is 0 Å². The highest BCUT2D eigenvalue weighted by atomic mass is 16.7. The van der Waals surface area contributed by atoms with E-state index in [9.17, 15) is 4.79 Å². The number of carbonyl (C=O) groups excluding carboxylic acids is 1. The Hall–Kier alpha value is -1.03. The monoisotopic (exact) mass is 184 g/mol. The van der Waals surface area contributed by atoms with Crippen molar-refractivity contribution in [1.82, 2.24) is 0 Å². The first-order valence-electron chi connectivity index (χ1n) is 4.12. The van der Waals surface area contributed by atoms with E-state index in [2.05, 4.69) is 4.79 Å². The Morgan fingerprint density at radius 3 is 3.00 bits per heavy atom. The van der Waals surface area contributed by atoms with Crippen molar-refractivity contribution in [2.75, 3.05) is 6.61 Å². The van der Waals surface area contributed by atoms with Crippen LogP contribution < -0.4 is 0 Å². The Bertz CT molecular complexity index is 260. The number of rotatable bonds is 2. The highest BCUT2D eigenvalue weighted by Gasteiger charge is 2.41. The van der Waals surface area contributed by atoms with Crippen molar-refractivity contribution in [2.45, 2.75) is 32.2 Å². The van der Waals surface area contributed by atoms with E-state index in [1.807, 2.05) is 6.92 Å². The molecule has 0 aromatic heterocycles. The number of nitrogens with zero attached hydrogens (tertiary/aromatic N) is 2. The van der Waals surface area contributed by atoms with Crippen LogP contribution in [0.2, 0.25) is 0 Å². The second kappa shape index (κ2) is 3.79. The number of hydrogen-bond donors (Lipinski definition) is 0. The van der Waals surface area contributed by atoms with Gasteiger partial charge in [0.2, 0.25) is 5.79 Å². The second-order valence-electron chi connectivity index (χ2n) is 3.12. The van der Waals surface area contributed by atoms with E-state index in [-0.39, 0.29) is 6.10 Å². The maximum Gasteiger partial charge on any atom is 0.328 e. The van der Waals surface area contributed by atoms with Crippen LogP contribution in [-0.4, -0.2) is 35.3 Å². The lowest BCUT2D eigenvalue weighted by Gasteiger charge is -2.34. The van der Waals surface area contributed by atoms with Gasteiger partial charge in [-0.3, -0.25) is 4.79 Å². The van der Waals surface area contributed by atoms with Gasteiger partial charge in [-0.25, -0.2) is 0 Å². The lowest BCUT2D eigenvalue weighted by Crippen LogP contribution is -2.48. The molecule has 72 valence electrons. The van der Waals surface area contributed by atoms with E-state index in [0.717, 1.165) is 12.6 Å². The van der Waals surface area contributed by atoms with Crippen molar-refractivity contribution in [2.24, 2.45) is 0 Å². The maximum atomic E-state index is 11.3. The minimum atomic E-state index is -1.29. The Kier molecular flexibility index (Phi) is 2.93. The summed E-state index contributed by atoms with van der Waals surface area (Å²) in [6.45, 7) is 3.86. The number of carbonyl (C=O) groups is 1. The van der Waals surface area contributed by atoms with Crippen molar-refractivity contribution in [3.63, 3.8) is 0 Å². The summed E-state index contributed by atoms with van der Waals surface area (Å²) in [6, 6.07) is 0. The molecule has 1 fully saturated rings. The van der Waals surface area contributed by atoms with Crippen molar-refractivity contribution >= 4 is 12.0 Å². The van der Waals surface area contributed by atoms with E-state index >= 15 is 0 Å². The summed E-state index contributed by atoms with van der Waals surface area (Å²) < 4.78 is 10.5. The van der Waals surface area contributed by atoms with Crippen molar-refractivity contribution in [3.8, 4) is 0 Å². The van der Waals surface area contributed by atoms with Gasteiger partial charge in [0.15, 0.2) is 0 Å². The van der Waals surface area contributed by atoms with Gasteiger partial charge in [-0.15, -0.1) is 0 Å². The third-order valence-corrected chi connectivity index (χ3v) is 1.95. The molecule has 0 radical (unpaired) electrons. The van der Waals surface area contributed by atoms with E-state index in [1.165, 1.54) is 6.92 Å². The molecular weight excluding hydrogens is 172 g/mol. The molecule has 1 heterocycles. The van der Waals surface area contributed by atoms with E-state index < -0.39 is 11.6 Å². The number of ether oxygens (including phenoxy) is 2. The first kappa shape index (κ1) is 10.1. The molecule has 1 aliphatic heterocycles. The fourth-order valence-corrected chi connectivity index (χ4v) is 1.20. The van der Waals surface area contributed by atoms with E-state index in [4.69, 9.17) is 15.0 Å². The molecule has 1 aliphatic rings. The minimum absolute atomic E-state index is 0.0187.